The van der Waals surface area contributed by atoms with Gasteiger partial charge >= 0.3 is 5.97 Å². The minimum Gasteiger partial charge on any atom is -0.496 e. The molecule has 0 aliphatic heterocycles. The molecule has 0 bridgehead atoms. The van der Waals surface area contributed by atoms with Crippen LogP contribution in [0, 0.1) is 0 Å². The zero-order valence-corrected chi connectivity index (χ0v) is 11.3. The first kappa shape index (κ1) is 14.2. The summed E-state index contributed by atoms with van der Waals surface area (Å²) in [6.07, 6.45) is 2.49. The molecule has 0 atom stereocenters. The third kappa shape index (κ3) is 2.54. The van der Waals surface area contributed by atoms with E-state index < -0.39 is 17.4 Å². The summed E-state index contributed by atoms with van der Waals surface area (Å²) in [6, 6.07) is 4.66. The molecule has 1 aliphatic carbocycles. The van der Waals surface area contributed by atoms with E-state index in [1.165, 1.54) is 19.2 Å². The summed E-state index contributed by atoms with van der Waals surface area (Å²) in [7, 11) is 1.44. The number of carbonyl (C=O) groups is 2. The first-order chi connectivity index (χ1) is 9.48. The quantitative estimate of drug-likeness (QED) is 0.723. The van der Waals surface area contributed by atoms with Crippen LogP contribution in [0.5, 0.6) is 5.75 Å². The van der Waals surface area contributed by atoms with Crippen LogP contribution in [0.4, 0.5) is 5.69 Å². The molecule has 0 spiro atoms. The van der Waals surface area contributed by atoms with Crippen LogP contribution < -0.4 is 15.8 Å². The van der Waals surface area contributed by atoms with Crippen molar-refractivity contribution < 1.29 is 19.4 Å². The third-order valence-corrected chi connectivity index (χ3v) is 3.69. The lowest BCUT2D eigenvalue weighted by Gasteiger charge is -2.25. The molecule has 6 nitrogen and oxygen atoms in total. The molecule has 2 rings (SSSR count). The number of anilines is 1. The number of carboxylic acid groups (broad SMARTS) is 1. The summed E-state index contributed by atoms with van der Waals surface area (Å²) in [5, 5.41) is 12.0. The van der Waals surface area contributed by atoms with Crippen molar-refractivity contribution in [1.82, 2.24) is 5.32 Å². The summed E-state index contributed by atoms with van der Waals surface area (Å²) in [4.78, 5) is 23.7. The Morgan fingerprint density at radius 3 is 2.55 bits per heavy atom. The van der Waals surface area contributed by atoms with Crippen LogP contribution >= 0.6 is 0 Å². The number of carbonyl (C=O) groups excluding carboxylic acids is 1. The highest BCUT2D eigenvalue weighted by Gasteiger charge is 2.43. The third-order valence-electron chi connectivity index (χ3n) is 3.69. The van der Waals surface area contributed by atoms with E-state index in [1.807, 2.05) is 0 Å². The Labute approximate surface area is 116 Å². The van der Waals surface area contributed by atoms with Gasteiger partial charge in [-0.3, -0.25) is 4.79 Å². The molecule has 1 aromatic rings. The number of carboxylic acids is 1. The Kier molecular flexibility index (Phi) is 3.83. The van der Waals surface area contributed by atoms with Crippen LogP contribution in [-0.4, -0.2) is 29.6 Å². The maximum atomic E-state index is 12.3. The molecule has 0 aromatic heterocycles. The molecule has 0 saturated heterocycles. The average Bonchev–Trinajstić information content (AvgIpc) is 2.88. The topological polar surface area (TPSA) is 102 Å². The fourth-order valence-corrected chi connectivity index (χ4v) is 2.55. The molecule has 1 fully saturated rings. The molecule has 1 aromatic carbocycles. The number of rotatable bonds is 4. The molecule has 0 radical (unpaired) electrons. The molecule has 0 heterocycles. The number of benzene rings is 1. The Hall–Kier alpha value is -2.24. The number of hydrogen-bond donors (Lipinski definition) is 3. The van der Waals surface area contributed by atoms with E-state index in [2.05, 4.69) is 5.32 Å². The van der Waals surface area contributed by atoms with Gasteiger partial charge in [-0.1, -0.05) is 12.8 Å². The monoisotopic (exact) mass is 278 g/mol. The zero-order chi connectivity index (χ0) is 14.8. The predicted octanol–water partition coefficient (Wildman–Crippen LogP) is 1.40. The fourth-order valence-electron chi connectivity index (χ4n) is 2.55. The van der Waals surface area contributed by atoms with Crippen molar-refractivity contribution in [3.05, 3.63) is 23.8 Å². The summed E-state index contributed by atoms with van der Waals surface area (Å²) >= 11 is 0. The van der Waals surface area contributed by atoms with E-state index >= 15 is 0 Å². The van der Waals surface area contributed by atoms with Crippen molar-refractivity contribution in [3.63, 3.8) is 0 Å². The van der Waals surface area contributed by atoms with E-state index in [4.69, 9.17) is 10.5 Å². The molecule has 4 N–H and O–H groups in total. The van der Waals surface area contributed by atoms with Gasteiger partial charge < -0.3 is 20.9 Å². The van der Waals surface area contributed by atoms with Crippen molar-refractivity contribution in [3.8, 4) is 5.75 Å². The minimum absolute atomic E-state index is 0.286. The lowest BCUT2D eigenvalue weighted by molar-refractivity contribution is -0.144. The average molecular weight is 278 g/mol. The van der Waals surface area contributed by atoms with Gasteiger partial charge in [0.25, 0.3) is 5.91 Å². The summed E-state index contributed by atoms with van der Waals surface area (Å²) < 4.78 is 5.12. The van der Waals surface area contributed by atoms with Crippen LogP contribution in [0.3, 0.4) is 0 Å². The van der Waals surface area contributed by atoms with Gasteiger partial charge in [0.05, 0.1) is 12.7 Å². The first-order valence-electron chi connectivity index (χ1n) is 6.48. The van der Waals surface area contributed by atoms with Crippen molar-refractivity contribution >= 4 is 17.6 Å². The molecule has 6 heteroatoms. The number of nitrogen functional groups attached to an aromatic ring is 1. The van der Waals surface area contributed by atoms with E-state index in [9.17, 15) is 14.7 Å². The lowest BCUT2D eigenvalue weighted by atomic mass is 9.97. The fraction of sp³-hybridized carbons (Fsp3) is 0.429. The number of amides is 1. The van der Waals surface area contributed by atoms with Crippen molar-refractivity contribution in [1.29, 1.82) is 0 Å². The normalized spacial score (nSPS) is 16.6. The second-order valence-corrected chi connectivity index (χ2v) is 5.01. The molecule has 1 aliphatic rings. The van der Waals surface area contributed by atoms with Gasteiger partial charge in [-0.25, -0.2) is 4.79 Å². The highest BCUT2D eigenvalue weighted by molar-refractivity contribution is 6.00. The highest BCUT2D eigenvalue weighted by atomic mass is 16.5. The largest absolute Gasteiger partial charge is 0.496 e. The number of nitrogens with two attached hydrogens (primary N) is 1. The molecular weight excluding hydrogens is 260 g/mol. The molecule has 1 saturated carbocycles. The van der Waals surface area contributed by atoms with E-state index in [-0.39, 0.29) is 5.56 Å². The molecule has 20 heavy (non-hydrogen) atoms. The summed E-state index contributed by atoms with van der Waals surface area (Å²) in [5.41, 5.74) is 5.24. The van der Waals surface area contributed by atoms with Gasteiger partial charge in [0.2, 0.25) is 0 Å². The van der Waals surface area contributed by atoms with E-state index in [0.29, 0.717) is 24.3 Å². The van der Waals surface area contributed by atoms with Gasteiger partial charge in [-0.05, 0) is 25.0 Å². The lowest BCUT2D eigenvalue weighted by Crippen LogP contribution is -2.52. The number of ether oxygens (including phenoxy) is 1. The SMILES string of the molecule is COc1cc(N)ccc1C(=O)NC1(C(=O)O)CCCC1. The van der Waals surface area contributed by atoms with Crippen molar-refractivity contribution in [2.24, 2.45) is 0 Å². The van der Waals surface area contributed by atoms with Crippen LogP contribution in [0.2, 0.25) is 0 Å². The summed E-state index contributed by atoms with van der Waals surface area (Å²) in [6.45, 7) is 0. The Morgan fingerprint density at radius 1 is 1.35 bits per heavy atom. The Bertz CT molecular complexity index is 536. The van der Waals surface area contributed by atoms with Gasteiger partial charge in [0.15, 0.2) is 0 Å². The van der Waals surface area contributed by atoms with Crippen LogP contribution in [0.1, 0.15) is 36.0 Å². The molecule has 0 unspecified atom stereocenters. The van der Waals surface area contributed by atoms with E-state index in [1.54, 1.807) is 6.07 Å². The smallest absolute Gasteiger partial charge is 0.329 e. The van der Waals surface area contributed by atoms with Crippen LogP contribution in [0.15, 0.2) is 18.2 Å². The second-order valence-electron chi connectivity index (χ2n) is 5.01. The molecule has 108 valence electrons. The van der Waals surface area contributed by atoms with Crippen molar-refractivity contribution in [2.45, 2.75) is 31.2 Å². The van der Waals surface area contributed by atoms with Gasteiger partial charge in [-0.2, -0.15) is 0 Å². The van der Waals surface area contributed by atoms with E-state index in [0.717, 1.165) is 12.8 Å². The van der Waals surface area contributed by atoms with Crippen molar-refractivity contribution in [2.75, 3.05) is 12.8 Å². The molecular formula is C14H18N2O4. The Morgan fingerprint density at radius 2 is 2.00 bits per heavy atom. The first-order valence-corrected chi connectivity index (χ1v) is 6.48. The summed E-state index contributed by atoms with van der Waals surface area (Å²) in [5.74, 6) is -1.11. The van der Waals surface area contributed by atoms with Crippen LogP contribution in [-0.2, 0) is 4.79 Å². The second kappa shape index (κ2) is 5.40. The maximum Gasteiger partial charge on any atom is 0.329 e. The van der Waals surface area contributed by atoms with Gasteiger partial charge in [-0.15, -0.1) is 0 Å². The number of hydrogen-bond acceptors (Lipinski definition) is 4. The predicted molar refractivity (Wildman–Crippen MR) is 73.7 cm³/mol. The standard InChI is InChI=1S/C14H18N2O4/c1-20-11-8-9(15)4-5-10(11)12(17)16-14(13(18)19)6-2-3-7-14/h4-5,8H,2-3,6-7,15H2,1H3,(H,16,17)(H,18,19). The minimum atomic E-state index is -1.16. The number of aliphatic carboxylic acids is 1. The Balaban J connectivity index is 2.26. The number of methoxy groups -OCH3 is 1. The molecule has 1 amide bonds. The van der Waals surface area contributed by atoms with Crippen LogP contribution in [0.25, 0.3) is 0 Å². The number of nitrogens with one attached hydrogen (secondary N) is 1. The highest BCUT2D eigenvalue weighted by Crippen LogP contribution is 2.31. The van der Waals surface area contributed by atoms with Gasteiger partial charge in [0.1, 0.15) is 11.3 Å². The van der Waals surface area contributed by atoms with Gasteiger partial charge in [0, 0.05) is 11.8 Å². The maximum absolute atomic E-state index is 12.3. The zero-order valence-electron chi connectivity index (χ0n) is 11.3.